The van der Waals surface area contributed by atoms with E-state index in [-0.39, 0.29) is 0 Å². The van der Waals surface area contributed by atoms with Crippen LogP contribution in [0.2, 0.25) is 0 Å². The second-order valence-electron chi connectivity index (χ2n) is 5.55. The number of cyclic esters (lactones) is 1. The minimum Gasteiger partial charge on any atom is -0.402 e. The molecule has 0 saturated carbocycles. The number of rotatable bonds is 2. The largest absolute Gasteiger partial charge is 0.402 e. The average Bonchev–Trinajstić information content (AvgIpc) is 2.85. The molecule has 0 atom stereocenters. The number of nitrogens with zero attached hydrogens (tertiary/aromatic N) is 1. The van der Waals surface area contributed by atoms with E-state index in [2.05, 4.69) is 4.99 Å². The Hall–Kier alpha value is -2.68. The van der Waals surface area contributed by atoms with E-state index in [4.69, 9.17) is 4.74 Å². The van der Waals surface area contributed by atoms with Crippen LogP contribution in [0.25, 0.3) is 6.08 Å². The van der Waals surface area contributed by atoms with Gasteiger partial charge in [0.25, 0.3) is 0 Å². The van der Waals surface area contributed by atoms with Gasteiger partial charge in [0, 0.05) is 5.56 Å². The molecule has 1 aliphatic rings. The lowest BCUT2D eigenvalue weighted by Gasteiger charge is -2.03. The van der Waals surface area contributed by atoms with Crippen molar-refractivity contribution < 1.29 is 9.53 Å². The molecule has 110 valence electrons. The van der Waals surface area contributed by atoms with E-state index in [0.717, 1.165) is 16.7 Å². The van der Waals surface area contributed by atoms with E-state index in [1.54, 1.807) is 6.08 Å². The molecular formula is C19H17NO2. The van der Waals surface area contributed by atoms with Gasteiger partial charge in [0.2, 0.25) is 5.90 Å². The third kappa shape index (κ3) is 2.84. The fraction of sp³-hybridized carbons (Fsp3) is 0.158. The van der Waals surface area contributed by atoms with Crippen molar-refractivity contribution >= 4 is 17.9 Å². The molecular weight excluding hydrogens is 274 g/mol. The minimum absolute atomic E-state index is 0.331. The lowest BCUT2D eigenvalue weighted by atomic mass is 10.1. The second-order valence-corrected chi connectivity index (χ2v) is 5.55. The van der Waals surface area contributed by atoms with Gasteiger partial charge >= 0.3 is 5.97 Å². The first-order chi connectivity index (χ1) is 10.5. The maximum Gasteiger partial charge on any atom is 0.363 e. The van der Waals surface area contributed by atoms with Crippen molar-refractivity contribution in [1.29, 1.82) is 0 Å². The van der Waals surface area contributed by atoms with Crippen LogP contribution in [0.1, 0.15) is 27.8 Å². The summed E-state index contributed by atoms with van der Waals surface area (Å²) in [6, 6.07) is 13.8. The monoisotopic (exact) mass is 291 g/mol. The maximum atomic E-state index is 12.0. The van der Waals surface area contributed by atoms with Crippen molar-refractivity contribution in [3.8, 4) is 0 Å². The Labute approximate surface area is 130 Å². The van der Waals surface area contributed by atoms with Gasteiger partial charge in [0.05, 0.1) is 0 Å². The smallest absolute Gasteiger partial charge is 0.363 e. The van der Waals surface area contributed by atoms with Crippen LogP contribution in [0.4, 0.5) is 0 Å². The van der Waals surface area contributed by atoms with Crippen molar-refractivity contribution in [2.24, 2.45) is 4.99 Å². The second kappa shape index (κ2) is 5.60. The van der Waals surface area contributed by atoms with Crippen LogP contribution in [0.5, 0.6) is 0 Å². The van der Waals surface area contributed by atoms with Gasteiger partial charge in [-0.05, 0) is 55.7 Å². The van der Waals surface area contributed by atoms with Crippen LogP contribution in [-0.2, 0) is 9.53 Å². The highest BCUT2D eigenvalue weighted by Crippen LogP contribution is 2.20. The number of carbonyl (C=O) groups is 1. The van der Waals surface area contributed by atoms with E-state index in [0.29, 0.717) is 11.6 Å². The predicted molar refractivity (Wildman–Crippen MR) is 87.7 cm³/mol. The first-order valence-corrected chi connectivity index (χ1v) is 7.20. The Morgan fingerprint density at radius 3 is 2.36 bits per heavy atom. The van der Waals surface area contributed by atoms with Crippen LogP contribution in [0.3, 0.4) is 0 Å². The van der Waals surface area contributed by atoms with Gasteiger partial charge in [-0.2, -0.15) is 0 Å². The van der Waals surface area contributed by atoms with Gasteiger partial charge in [-0.25, -0.2) is 9.79 Å². The Balaban J connectivity index is 1.94. The van der Waals surface area contributed by atoms with Gasteiger partial charge in [-0.1, -0.05) is 35.9 Å². The Morgan fingerprint density at radius 1 is 0.955 bits per heavy atom. The fourth-order valence-electron chi connectivity index (χ4n) is 2.23. The zero-order chi connectivity index (χ0) is 15.7. The molecule has 3 nitrogen and oxygen atoms in total. The molecule has 0 bridgehead atoms. The summed E-state index contributed by atoms with van der Waals surface area (Å²) in [5, 5.41) is 0. The summed E-state index contributed by atoms with van der Waals surface area (Å²) in [4.78, 5) is 16.3. The number of esters is 1. The number of carbonyl (C=O) groups excluding carboxylic acids is 1. The zero-order valence-corrected chi connectivity index (χ0v) is 12.9. The molecule has 0 amide bonds. The van der Waals surface area contributed by atoms with Gasteiger partial charge in [-0.3, -0.25) is 0 Å². The zero-order valence-electron chi connectivity index (χ0n) is 12.9. The molecule has 1 aliphatic heterocycles. The van der Waals surface area contributed by atoms with E-state index in [1.807, 2.05) is 63.2 Å². The molecule has 0 spiro atoms. The summed E-state index contributed by atoms with van der Waals surface area (Å²) >= 11 is 0. The van der Waals surface area contributed by atoms with Crippen LogP contribution in [0, 0.1) is 20.8 Å². The number of ether oxygens (including phenoxy) is 1. The molecule has 0 aliphatic carbocycles. The standard InChI is InChI=1S/C19H17NO2/c1-12-4-7-15(8-5-12)11-17-19(21)22-18(20-17)16-9-6-13(2)14(3)10-16/h4-11H,1-3H3/b17-11+. The molecule has 3 rings (SSSR count). The van der Waals surface area contributed by atoms with Crippen LogP contribution in [-0.4, -0.2) is 11.9 Å². The number of hydrogen-bond acceptors (Lipinski definition) is 3. The predicted octanol–water partition coefficient (Wildman–Crippen LogP) is 3.96. The fourth-order valence-corrected chi connectivity index (χ4v) is 2.23. The van der Waals surface area contributed by atoms with E-state index >= 15 is 0 Å². The summed E-state index contributed by atoms with van der Waals surface area (Å²) in [7, 11) is 0. The van der Waals surface area contributed by atoms with Gasteiger partial charge in [0.1, 0.15) is 0 Å². The molecule has 0 aromatic heterocycles. The SMILES string of the molecule is Cc1ccc(/C=C2/N=C(c3ccc(C)c(C)c3)OC2=O)cc1. The number of hydrogen-bond donors (Lipinski definition) is 0. The molecule has 22 heavy (non-hydrogen) atoms. The summed E-state index contributed by atoms with van der Waals surface area (Å²) < 4.78 is 5.29. The maximum absolute atomic E-state index is 12.0. The quantitative estimate of drug-likeness (QED) is 0.620. The molecule has 0 saturated heterocycles. The topological polar surface area (TPSA) is 38.7 Å². The number of benzene rings is 2. The van der Waals surface area contributed by atoms with Crippen molar-refractivity contribution in [2.45, 2.75) is 20.8 Å². The normalized spacial score (nSPS) is 15.9. The number of aliphatic imine (C=N–C) groups is 1. The molecule has 2 aromatic carbocycles. The third-order valence-electron chi connectivity index (χ3n) is 3.76. The minimum atomic E-state index is -0.409. The first-order valence-electron chi connectivity index (χ1n) is 7.20. The molecule has 0 N–H and O–H groups in total. The van der Waals surface area contributed by atoms with Crippen molar-refractivity contribution in [3.05, 3.63) is 76.0 Å². The third-order valence-corrected chi connectivity index (χ3v) is 3.76. The van der Waals surface area contributed by atoms with E-state index < -0.39 is 5.97 Å². The lowest BCUT2D eigenvalue weighted by molar-refractivity contribution is -0.129. The summed E-state index contributed by atoms with van der Waals surface area (Å²) in [6.07, 6.45) is 1.75. The van der Waals surface area contributed by atoms with Crippen LogP contribution >= 0.6 is 0 Å². The Kier molecular flexibility index (Phi) is 3.63. The van der Waals surface area contributed by atoms with Gasteiger partial charge < -0.3 is 4.74 Å². The molecule has 3 heteroatoms. The van der Waals surface area contributed by atoms with Crippen molar-refractivity contribution in [2.75, 3.05) is 0 Å². The lowest BCUT2D eigenvalue weighted by Crippen LogP contribution is -2.05. The van der Waals surface area contributed by atoms with Gasteiger partial charge in [-0.15, -0.1) is 0 Å². The molecule has 2 aromatic rings. The van der Waals surface area contributed by atoms with E-state index in [9.17, 15) is 4.79 Å². The Bertz CT molecular complexity index is 799. The summed E-state index contributed by atoms with van der Waals surface area (Å²) in [5.41, 5.74) is 5.61. The average molecular weight is 291 g/mol. The highest BCUT2D eigenvalue weighted by molar-refractivity contribution is 6.12. The van der Waals surface area contributed by atoms with E-state index in [1.165, 1.54) is 11.1 Å². The number of aryl methyl sites for hydroxylation is 3. The van der Waals surface area contributed by atoms with Crippen LogP contribution < -0.4 is 0 Å². The van der Waals surface area contributed by atoms with Gasteiger partial charge in [0.15, 0.2) is 5.70 Å². The highest BCUT2D eigenvalue weighted by atomic mass is 16.6. The first kappa shape index (κ1) is 14.3. The molecule has 0 radical (unpaired) electrons. The summed E-state index contributed by atoms with van der Waals surface area (Å²) in [6.45, 7) is 6.10. The Morgan fingerprint density at radius 2 is 1.68 bits per heavy atom. The highest BCUT2D eigenvalue weighted by Gasteiger charge is 2.24. The van der Waals surface area contributed by atoms with Crippen molar-refractivity contribution in [3.63, 3.8) is 0 Å². The van der Waals surface area contributed by atoms with Crippen molar-refractivity contribution in [1.82, 2.24) is 0 Å². The summed E-state index contributed by atoms with van der Waals surface area (Å²) in [5.74, 6) is -0.0414. The molecule has 1 heterocycles. The molecule has 0 fully saturated rings. The molecule has 0 unspecified atom stereocenters. The van der Waals surface area contributed by atoms with Crippen LogP contribution in [0.15, 0.2) is 53.2 Å².